The van der Waals surface area contributed by atoms with Crippen molar-refractivity contribution in [3.8, 4) is 22.7 Å². The van der Waals surface area contributed by atoms with E-state index in [0.717, 1.165) is 16.7 Å². The van der Waals surface area contributed by atoms with Gasteiger partial charge in [0.2, 0.25) is 17.9 Å². The number of aliphatic carboxylic acids is 1. The lowest BCUT2D eigenvalue weighted by Gasteiger charge is -2.39. The minimum Gasteiger partial charge on any atom is -0.480 e. The second-order valence-electron chi connectivity index (χ2n) is 12.9. The Bertz CT molecular complexity index is 1770. The van der Waals surface area contributed by atoms with E-state index in [1.54, 1.807) is 31.3 Å². The number of carboxylic acids is 1. The summed E-state index contributed by atoms with van der Waals surface area (Å²) >= 11 is 0. The van der Waals surface area contributed by atoms with Crippen molar-refractivity contribution < 1.29 is 27.8 Å². The third-order valence-electron chi connectivity index (χ3n) is 9.22. The van der Waals surface area contributed by atoms with E-state index in [2.05, 4.69) is 34.2 Å². The molecule has 0 aliphatic carbocycles. The van der Waals surface area contributed by atoms with Crippen LogP contribution in [-0.4, -0.2) is 62.7 Å². The fourth-order valence-electron chi connectivity index (χ4n) is 6.53. The fraction of sp³-hybridized carbons (Fsp3) is 0.412. The fourth-order valence-corrected chi connectivity index (χ4v) is 6.53. The number of nitrogens with zero attached hydrogens (tertiary/aromatic N) is 5. The highest BCUT2D eigenvalue weighted by molar-refractivity contribution is 5.74. The molecule has 2 aromatic heterocycles. The highest BCUT2D eigenvalue weighted by Gasteiger charge is 2.46. The predicted octanol–water partition coefficient (Wildman–Crippen LogP) is 6.06. The number of hydrogen-bond acceptors (Lipinski definition) is 8. The van der Waals surface area contributed by atoms with Gasteiger partial charge < -0.3 is 25.8 Å². The third kappa shape index (κ3) is 6.90. The number of aryl methyl sites for hydroxylation is 1. The summed E-state index contributed by atoms with van der Waals surface area (Å²) in [7, 11) is 0. The van der Waals surface area contributed by atoms with Crippen LogP contribution in [0.2, 0.25) is 0 Å². The average molecular weight is 650 g/mol. The van der Waals surface area contributed by atoms with Gasteiger partial charge in [-0.05, 0) is 66.3 Å². The number of piperidine rings is 1. The topological polar surface area (TPSA) is 131 Å². The number of aromatic nitrogens is 4. The summed E-state index contributed by atoms with van der Waals surface area (Å²) in [4.78, 5) is 21.7. The Morgan fingerprint density at radius 1 is 1.09 bits per heavy atom. The van der Waals surface area contributed by atoms with E-state index in [1.807, 2.05) is 29.2 Å². The van der Waals surface area contributed by atoms with Crippen LogP contribution in [0.25, 0.3) is 16.8 Å². The first-order valence-corrected chi connectivity index (χ1v) is 15.7. The molecule has 2 saturated heterocycles. The third-order valence-corrected chi connectivity index (χ3v) is 9.22. The number of alkyl halides is 3. The number of nitrogens with two attached hydrogens (primary N) is 1. The maximum absolute atomic E-state index is 14.9. The normalized spacial score (nSPS) is 18.5. The van der Waals surface area contributed by atoms with Crippen LogP contribution in [0.4, 0.5) is 24.9 Å². The molecule has 13 heteroatoms. The number of carboxylic acid groups (broad SMARTS) is 1. The van der Waals surface area contributed by atoms with Crippen LogP contribution >= 0.6 is 0 Å². The molecule has 2 aromatic carbocycles. The van der Waals surface area contributed by atoms with Crippen molar-refractivity contribution in [2.75, 3.05) is 30.3 Å². The highest BCUT2D eigenvalue weighted by Crippen LogP contribution is 2.43. The van der Waals surface area contributed by atoms with E-state index in [9.17, 15) is 23.1 Å². The van der Waals surface area contributed by atoms with Gasteiger partial charge in [0.25, 0.3) is 0 Å². The number of carbonyl (C=O) groups is 1. The van der Waals surface area contributed by atoms with Crippen LogP contribution in [-0.2, 0) is 4.79 Å². The molecule has 4 aromatic rings. The van der Waals surface area contributed by atoms with Gasteiger partial charge in [0.15, 0.2) is 0 Å². The monoisotopic (exact) mass is 649 g/mol. The lowest BCUT2D eigenvalue weighted by atomic mass is 9.76. The average Bonchev–Trinajstić information content (AvgIpc) is 3.66. The van der Waals surface area contributed by atoms with E-state index in [4.69, 9.17) is 10.5 Å². The minimum absolute atomic E-state index is 0.135. The van der Waals surface area contributed by atoms with Gasteiger partial charge in [0.1, 0.15) is 11.9 Å². The standard InChI is InChI=1S/C34H38F3N7O3/c1-20(2)22-5-4-6-23(15-22)24-7-8-25(27(16-24)44-12-9-21(3)42-44)30(34(35,36)37)47-29-17-28(40-32(38)41-29)43-13-10-33(11-14-43)18-26(31(45)46)39-19-33/h4-9,12,15-17,20,26,30,39H,10-11,13-14,18-19H2,1-3H3,(H,45,46)(H2,38,40,41)/t26?,30-/m1/s1. The number of benzene rings is 2. The zero-order valence-corrected chi connectivity index (χ0v) is 26.5. The van der Waals surface area contributed by atoms with E-state index in [-0.39, 0.29) is 34.4 Å². The van der Waals surface area contributed by atoms with Crippen molar-refractivity contribution in [2.45, 2.75) is 64.3 Å². The molecule has 4 heterocycles. The smallest absolute Gasteiger partial charge is 0.429 e. The zero-order valence-electron chi connectivity index (χ0n) is 26.5. The van der Waals surface area contributed by atoms with Crippen molar-refractivity contribution >= 4 is 17.7 Å². The van der Waals surface area contributed by atoms with Crippen molar-refractivity contribution in [3.63, 3.8) is 0 Å². The number of ether oxygens (including phenoxy) is 1. The Morgan fingerprint density at radius 3 is 2.47 bits per heavy atom. The van der Waals surface area contributed by atoms with E-state index in [1.165, 1.54) is 16.8 Å². The van der Waals surface area contributed by atoms with Gasteiger partial charge in [-0.15, -0.1) is 0 Å². The molecule has 0 saturated carbocycles. The van der Waals surface area contributed by atoms with Gasteiger partial charge >= 0.3 is 12.1 Å². The van der Waals surface area contributed by atoms with E-state index < -0.39 is 24.3 Å². The molecule has 47 heavy (non-hydrogen) atoms. The van der Waals surface area contributed by atoms with Crippen LogP contribution < -0.4 is 20.7 Å². The van der Waals surface area contributed by atoms with Crippen LogP contribution in [0.1, 0.15) is 62.0 Å². The molecule has 2 fully saturated rings. The van der Waals surface area contributed by atoms with Gasteiger partial charge in [-0.25, -0.2) is 4.68 Å². The molecule has 10 nitrogen and oxygen atoms in total. The summed E-state index contributed by atoms with van der Waals surface area (Å²) in [5.74, 6) is -0.747. The maximum Gasteiger partial charge on any atom is 0.429 e. The number of anilines is 2. The van der Waals surface area contributed by atoms with Gasteiger partial charge in [-0.2, -0.15) is 28.2 Å². The summed E-state index contributed by atoms with van der Waals surface area (Å²) in [6.45, 7) is 7.62. The van der Waals surface area contributed by atoms with E-state index in [0.29, 0.717) is 50.4 Å². The van der Waals surface area contributed by atoms with Crippen molar-refractivity contribution in [1.29, 1.82) is 0 Å². The molecule has 0 amide bonds. The molecule has 248 valence electrons. The molecule has 0 radical (unpaired) electrons. The maximum atomic E-state index is 14.9. The molecule has 0 bridgehead atoms. The summed E-state index contributed by atoms with van der Waals surface area (Å²) in [5, 5.41) is 16.9. The van der Waals surface area contributed by atoms with Gasteiger partial charge in [0, 0.05) is 37.5 Å². The number of nitrogens with one attached hydrogen (secondary N) is 1. The van der Waals surface area contributed by atoms with Crippen LogP contribution in [0.3, 0.4) is 0 Å². The second-order valence-corrected chi connectivity index (χ2v) is 12.9. The Hall–Kier alpha value is -4.65. The van der Waals surface area contributed by atoms with Crippen molar-refractivity contribution in [1.82, 2.24) is 25.1 Å². The molecule has 1 spiro atoms. The van der Waals surface area contributed by atoms with Crippen LogP contribution in [0.5, 0.6) is 5.88 Å². The lowest BCUT2D eigenvalue weighted by molar-refractivity contribution is -0.198. The largest absolute Gasteiger partial charge is 0.480 e. The minimum atomic E-state index is -4.82. The summed E-state index contributed by atoms with van der Waals surface area (Å²) < 4.78 is 51.8. The SMILES string of the molecule is Cc1ccn(-c2cc(-c3cccc(C(C)C)c3)ccc2[C@@H](Oc2cc(N3CCC4(CC3)CNC(C(=O)O)C4)nc(N)n2)C(F)(F)F)n1. The Labute approximate surface area is 270 Å². The summed E-state index contributed by atoms with van der Waals surface area (Å²) in [6.07, 6.45) is -3.64. The van der Waals surface area contributed by atoms with Gasteiger partial charge in [-0.3, -0.25) is 4.79 Å². The first-order valence-electron chi connectivity index (χ1n) is 15.7. The molecule has 2 atom stereocenters. The summed E-state index contributed by atoms with van der Waals surface area (Å²) in [6, 6.07) is 15.2. The lowest BCUT2D eigenvalue weighted by Crippen LogP contribution is -2.41. The Balaban J connectivity index is 1.31. The molecule has 1 unspecified atom stereocenters. The Morgan fingerprint density at radius 2 is 1.83 bits per heavy atom. The van der Waals surface area contributed by atoms with Crippen LogP contribution in [0, 0.1) is 12.3 Å². The summed E-state index contributed by atoms with van der Waals surface area (Å²) in [5.41, 5.74) is 9.32. The number of nitrogen functional groups attached to an aromatic ring is 1. The molecular weight excluding hydrogens is 611 g/mol. The van der Waals surface area contributed by atoms with Crippen molar-refractivity contribution in [2.24, 2.45) is 5.41 Å². The van der Waals surface area contributed by atoms with Crippen molar-refractivity contribution in [3.05, 3.63) is 77.6 Å². The molecule has 2 aliphatic rings. The molecule has 2 aliphatic heterocycles. The number of hydrogen-bond donors (Lipinski definition) is 3. The molecule has 6 rings (SSSR count). The zero-order chi connectivity index (χ0) is 33.5. The molecule has 4 N–H and O–H groups in total. The van der Waals surface area contributed by atoms with Gasteiger partial charge in [-0.1, -0.05) is 50.2 Å². The number of rotatable bonds is 8. The number of halogens is 3. The predicted molar refractivity (Wildman–Crippen MR) is 172 cm³/mol. The highest BCUT2D eigenvalue weighted by atomic mass is 19.4. The first kappa shape index (κ1) is 32.3. The second kappa shape index (κ2) is 12.5. The van der Waals surface area contributed by atoms with E-state index >= 15 is 0 Å². The first-order chi connectivity index (χ1) is 22.3. The molecular formula is C34H38F3N7O3. The quantitative estimate of drug-likeness (QED) is 0.209. The van der Waals surface area contributed by atoms with Crippen LogP contribution in [0.15, 0.2) is 60.8 Å². The van der Waals surface area contributed by atoms with Gasteiger partial charge in [0.05, 0.1) is 11.4 Å². The Kier molecular flexibility index (Phi) is 8.60.